The van der Waals surface area contributed by atoms with Crippen molar-refractivity contribution in [2.24, 2.45) is 4.99 Å². The summed E-state index contributed by atoms with van der Waals surface area (Å²) >= 11 is 0. The third kappa shape index (κ3) is 3.62. The lowest BCUT2D eigenvalue weighted by Gasteiger charge is -2.06. The van der Waals surface area contributed by atoms with Crippen molar-refractivity contribution < 1.29 is 19.1 Å². The fourth-order valence-electron chi connectivity index (χ4n) is 2.97. The number of fused-ring (bicyclic) bond motifs is 1. The molecule has 2 aromatic heterocycles. The molecule has 3 heterocycles. The molecule has 3 aromatic rings. The molecule has 0 unspecified atom stereocenters. The van der Waals surface area contributed by atoms with E-state index in [1.165, 1.54) is 0 Å². The smallest absolute Gasteiger partial charge is 0.347 e. The second-order valence-electron chi connectivity index (χ2n) is 6.46. The first-order valence-corrected chi connectivity index (χ1v) is 9.14. The number of furan rings is 1. The van der Waals surface area contributed by atoms with Gasteiger partial charge in [0.2, 0.25) is 5.88 Å². The number of hydrogen-bond acceptors (Lipinski definition) is 7. The molecule has 4 rings (SSSR count). The number of rotatable bonds is 5. The van der Waals surface area contributed by atoms with E-state index >= 15 is 0 Å². The van der Waals surface area contributed by atoms with Gasteiger partial charge in [-0.05, 0) is 44.2 Å². The molecule has 0 amide bonds. The Morgan fingerprint density at radius 1 is 1.28 bits per heavy atom. The van der Waals surface area contributed by atoms with Gasteiger partial charge in [0.15, 0.2) is 22.9 Å². The fraction of sp³-hybridized carbons (Fsp3) is 0.136. The van der Waals surface area contributed by atoms with E-state index in [4.69, 9.17) is 9.15 Å². The molecule has 0 atom stereocenters. The standard InChI is InChI=1S/C22H19N3O4/c1-3-28-22(27)18-19(26)17(11-14-12-24-20-16(14)5-4-10-23-20)29-21(18)25-15-8-6-13(2)7-9-15/h4-12,25-26H,3H2,1-2H3. The number of aryl methyl sites for hydroxylation is 1. The topological polar surface area (TPSA) is 97.0 Å². The highest BCUT2D eigenvalue weighted by Crippen LogP contribution is 2.39. The molecule has 146 valence electrons. The largest absolute Gasteiger partial charge is 0.504 e. The number of esters is 1. The van der Waals surface area contributed by atoms with Gasteiger partial charge in [0.05, 0.1) is 6.61 Å². The Kier molecular flexibility index (Phi) is 4.87. The quantitative estimate of drug-likeness (QED) is 0.605. The number of anilines is 2. The number of nitrogens with zero attached hydrogens (tertiary/aromatic N) is 2. The summed E-state index contributed by atoms with van der Waals surface area (Å²) in [4.78, 5) is 20.9. The first-order valence-electron chi connectivity index (χ1n) is 9.14. The summed E-state index contributed by atoms with van der Waals surface area (Å²) < 4.78 is 10.9. The number of aromatic hydroxyl groups is 1. The first kappa shape index (κ1) is 18.5. The molecule has 1 aliphatic heterocycles. The molecule has 0 aliphatic carbocycles. The maximum Gasteiger partial charge on any atom is 0.347 e. The van der Waals surface area contributed by atoms with E-state index in [-0.39, 0.29) is 29.6 Å². The van der Waals surface area contributed by atoms with Crippen molar-refractivity contribution in [3.8, 4) is 5.75 Å². The number of nitrogens with one attached hydrogen (secondary N) is 1. The van der Waals surface area contributed by atoms with Crippen LogP contribution in [0, 0.1) is 6.92 Å². The Morgan fingerprint density at radius 2 is 2.07 bits per heavy atom. The van der Waals surface area contributed by atoms with Crippen LogP contribution in [0.1, 0.15) is 34.2 Å². The van der Waals surface area contributed by atoms with Crippen LogP contribution >= 0.6 is 0 Å². The Labute approximate surface area is 167 Å². The number of ether oxygens (including phenoxy) is 1. The van der Waals surface area contributed by atoms with Crippen molar-refractivity contribution in [2.45, 2.75) is 13.8 Å². The number of benzene rings is 1. The molecule has 0 spiro atoms. The Bertz CT molecular complexity index is 1130. The zero-order valence-corrected chi connectivity index (χ0v) is 16.0. The van der Waals surface area contributed by atoms with Gasteiger partial charge in [0.25, 0.3) is 0 Å². The van der Waals surface area contributed by atoms with Crippen LogP contribution in [-0.4, -0.2) is 28.9 Å². The number of aliphatic imine (C=N–C) groups is 1. The van der Waals surface area contributed by atoms with E-state index in [1.54, 1.807) is 31.5 Å². The highest BCUT2D eigenvalue weighted by Gasteiger charge is 2.27. The van der Waals surface area contributed by atoms with E-state index in [1.807, 2.05) is 37.3 Å². The lowest BCUT2D eigenvalue weighted by molar-refractivity contribution is 0.0524. The number of pyridine rings is 1. The number of carbonyl (C=O) groups excluding carboxylic acids is 1. The molecule has 0 radical (unpaired) electrons. The van der Waals surface area contributed by atoms with E-state index in [0.717, 1.165) is 16.7 Å². The summed E-state index contributed by atoms with van der Waals surface area (Å²) in [6, 6.07) is 11.2. The monoisotopic (exact) mass is 389 g/mol. The average Bonchev–Trinajstić information content (AvgIpc) is 3.25. The van der Waals surface area contributed by atoms with Crippen LogP contribution in [0.15, 0.2) is 52.0 Å². The van der Waals surface area contributed by atoms with Gasteiger partial charge in [-0.3, -0.25) is 0 Å². The zero-order chi connectivity index (χ0) is 20.4. The molecule has 29 heavy (non-hydrogen) atoms. The summed E-state index contributed by atoms with van der Waals surface area (Å²) in [6.07, 6.45) is 4.91. The summed E-state index contributed by atoms with van der Waals surface area (Å²) in [5, 5.41) is 13.7. The van der Waals surface area contributed by atoms with Crippen LogP contribution in [0.2, 0.25) is 0 Å². The summed E-state index contributed by atoms with van der Waals surface area (Å²) in [5.74, 6) is -0.140. The second-order valence-corrected chi connectivity index (χ2v) is 6.46. The van der Waals surface area contributed by atoms with Crippen molar-refractivity contribution in [1.29, 1.82) is 0 Å². The van der Waals surface area contributed by atoms with Crippen LogP contribution in [0.3, 0.4) is 0 Å². The van der Waals surface area contributed by atoms with Gasteiger partial charge < -0.3 is 19.6 Å². The Balaban J connectivity index is 1.76. The van der Waals surface area contributed by atoms with Gasteiger partial charge in [-0.15, -0.1) is 0 Å². The van der Waals surface area contributed by atoms with Crippen LogP contribution in [-0.2, 0) is 4.74 Å². The molecule has 0 bridgehead atoms. The molecule has 7 nitrogen and oxygen atoms in total. The second kappa shape index (κ2) is 7.63. The molecule has 2 N–H and O–H groups in total. The number of carbonyl (C=O) groups is 1. The first-order chi connectivity index (χ1) is 14.1. The molecule has 0 saturated heterocycles. The van der Waals surface area contributed by atoms with E-state index < -0.39 is 5.97 Å². The number of aromatic nitrogens is 1. The Hall–Kier alpha value is -3.87. The van der Waals surface area contributed by atoms with Gasteiger partial charge in [-0.2, -0.15) is 0 Å². The molecular weight excluding hydrogens is 370 g/mol. The predicted octanol–water partition coefficient (Wildman–Crippen LogP) is 4.87. The molecule has 7 heteroatoms. The van der Waals surface area contributed by atoms with Crippen LogP contribution < -0.4 is 5.32 Å². The highest BCUT2D eigenvalue weighted by molar-refractivity contribution is 6.21. The fourth-order valence-corrected chi connectivity index (χ4v) is 2.97. The van der Waals surface area contributed by atoms with Gasteiger partial charge in [-0.25, -0.2) is 14.8 Å². The van der Waals surface area contributed by atoms with Gasteiger partial charge in [-0.1, -0.05) is 17.7 Å². The third-order valence-electron chi connectivity index (χ3n) is 4.41. The molecule has 0 saturated carbocycles. The Morgan fingerprint density at radius 3 is 2.83 bits per heavy atom. The number of allylic oxidation sites excluding steroid dienone is 1. The van der Waals surface area contributed by atoms with E-state index in [0.29, 0.717) is 11.5 Å². The normalized spacial score (nSPS) is 13.5. The maximum absolute atomic E-state index is 12.4. The minimum atomic E-state index is -0.671. The van der Waals surface area contributed by atoms with Crippen molar-refractivity contribution in [3.05, 3.63) is 65.0 Å². The van der Waals surface area contributed by atoms with Gasteiger partial charge in [0.1, 0.15) is 0 Å². The lowest BCUT2D eigenvalue weighted by Crippen LogP contribution is -2.06. The van der Waals surface area contributed by atoms with Crippen LogP contribution in [0.25, 0.3) is 11.6 Å². The number of hydrogen-bond donors (Lipinski definition) is 2. The van der Waals surface area contributed by atoms with Gasteiger partial charge in [0, 0.05) is 29.2 Å². The average molecular weight is 389 g/mol. The van der Waals surface area contributed by atoms with Crippen LogP contribution in [0.4, 0.5) is 17.4 Å². The summed E-state index contributed by atoms with van der Waals surface area (Å²) in [7, 11) is 0. The SMILES string of the molecule is CCOC(=O)c1c(Nc2ccc(C)cc2)oc(C=C2C=Nc3ncccc32)c1O. The van der Waals surface area contributed by atoms with Crippen LogP contribution in [0.5, 0.6) is 5.75 Å². The molecule has 0 fully saturated rings. The molecule has 1 aromatic carbocycles. The maximum atomic E-state index is 12.4. The minimum absolute atomic E-state index is 0.0550. The van der Waals surface area contributed by atoms with E-state index in [2.05, 4.69) is 15.3 Å². The predicted molar refractivity (Wildman–Crippen MR) is 111 cm³/mol. The van der Waals surface area contributed by atoms with E-state index in [9.17, 15) is 9.90 Å². The molecule has 1 aliphatic rings. The van der Waals surface area contributed by atoms with Gasteiger partial charge >= 0.3 is 5.97 Å². The summed E-state index contributed by atoms with van der Waals surface area (Å²) in [5.41, 5.74) is 3.29. The minimum Gasteiger partial charge on any atom is -0.504 e. The lowest BCUT2D eigenvalue weighted by atomic mass is 10.1. The van der Waals surface area contributed by atoms with Crippen molar-refractivity contribution in [3.63, 3.8) is 0 Å². The summed E-state index contributed by atoms with van der Waals surface area (Å²) in [6.45, 7) is 3.85. The molecular formula is C22H19N3O4. The third-order valence-corrected chi connectivity index (χ3v) is 4.41. The zero-order valence-electron chi connectivity index (χ0n) is 16.0. The van der Waals surface area contributed by atoms with Crippen molar-refractivity contribution >= 4 is 41.2 Å². The van der Waals surface area contributed by atoms with Crippen molar-refractivity contribution in [2.75, 3.05) is 11.9 Å². The highest BCUT2D eigenvalue weighted by atomic mass is 16.5. The van der Waals surface area contributed by atoms with Crippen molar-refractivity contribution in [1.82, 2.24) is 4.98 Å².